The molecule has 1 heterocycles. The van der Waals surface area contributed by atoms with Gasteiger partial charge in [0.1, 0.15) is 0 Å². The van der Waals surface area contributed by atoms with Gasteiger partial charge in [0, 0.05) is 12.7 Å². The molecule has 0 aliphatic heterocycles. The molecular weight excluding hydrogens is 254 g/mol. The van der Waals surface area contributed by atoms with Gasteiger partial charge in [0.2, 0.25) is 0 Å². The molecule has 1 aromatic rings. The van der Waals surface area contributed by atoms with E-state index in [0.717, 1.165) is 24.8 Å². The SMILES string of the molecule is Cc1ccncc1NC(=O)C(=O)NCCCCC(C)C. The van der Waals surface area contributed by atoms with E-state index in [0.29, 0.717) is 18.2 Å². The quantitative estimate of drug-likeness (QED) is 0.619. The molecule has 0 fully saturated rings. The first-order valence-corrected chi connectivity index (χ1v) is 7.00. The summed E-state index contributed by atoms with van der Waals surface area (Å²) >= 11 is 0. The summed E-state index contributed by atoms with van der Waals surface area (Å²) in [7, 11) is 0. The number of pyridine rings is 1. The van der Waals surface area contributed by atoms with Crippen LogP contribution in [0.1, 0.15) is 38.7 Å². The van der Waals surface area contributed by atoms with Crippen molar-refractivity contribution in [2.75, 3.05) is 11.9 Å². The first-order chi connectivity index (χ1) is 9.50. The maximum absolute atomic E-state index is 11.7. The Hall–Kier alpha value is -1.91. The zero-order valence-corrected chi connectivity index (χ0v) is 12.4. The summed E-state index contributed by atoms with van der Waals surface area (Å²) in [6, 6.07) is 1.78. The highest BCUT2D eigenvalue weighted by Crippen LogP contribution is 2.10. The third-order valence-corrected chi connectivity index (χ3v) is 2.99. The zero-order valence-electron chi connectivity index (χ0n) is 12.4. The molecule has 5 nitrogen and oxygen atoms in total. The predicted molar refractivity (Wildman–Crippen MR) is 79.3 cm³/mol. The van der Waals surface area contributed by atoms with Crippen LogP contribution in [0.3, 0.4) is 0 Å². The Balaban J connectivity index is 2.30. The van der Waals surface area contributed by atoms with E-state index in [2.05, 4.69) is 29.5 Å². The Morgan fingerprint density at radius 3 is 2.65 bits per heavy atom. The molecule has 0 saturated heterocycles. The summed E-state index contributed by atoms with van der Waals surface area (Å²) in [6.07, 6.45) is 6.25. The summed E-state index contributed by atoms with van der Waals surface area (Å²) < 4.78 is 0. The van der Waals surface area contributed by atoms with Crippen molar-refractivity contribution in [3.8, 4) is 0 Å². The summed E-state index contributed by atoms with van der Waals surface area (Å²) in [4.78, 5) is 27.2. The number of amides is 2. The Kier molecular flexibility index (Phi) is 6.70. The minimum Gasteiger partial charge on any atom is -0.348 e. The second-order valence-corrected chi connectivity index (χ2v) is 5.29. The molecule has 0 aliphatic carbocycles. The van der Waals surface area contributed by atoms with Crippen LogP contribution < -0.4 is 10.6 Å². The van der Waals surface area contributed by atoms with Crippen LogP contribution in [0.2, 0.25) is 0 Å². The second kappa shape index (κ2) is 8.30. The van der Waals surface area contributed by atoms with Crippen LogP contribution in [-0.2, 0) is 9.59 Å². The summed E-state index contributed by atoms with van der Waals surface area (Å²) in [5, 5.41) is 5.18. The minimum absolute atomic E-state index is 0.533. The van der Waals surface area contributed by atoms with Crippen molar-refractivity contribution in [3.05, 3.63) is 24.0 Å². The highest BCUT2D eigenvalue weighted by Gasteiger charge is 2.13. The number of carbonyl (C=O) groups excluding carboxylic acids is 2. The monoisotopic (exact) mass is 277 g/mol. The average molecular weight is 277 g/mol. The third-order valence-electron chi connectivity index (χ3n) is 2.99. The highest BCUT2D eigenvalue weighted by molar-refractivity contribution is 6.39. The van der Waals surface area contributed by atoms with E-state index < -0.39 is 11.8 Å². The van der Waals surface area contributed by atoms with Crippen LogP contribution in [0.4, 0.5) is 5.69 Å². The Labute approximate surface area is 120 Å². The molecule has 1 aromatic heterocycles. The van der Waals surface area contributed by atoms with E-state index in [4.69, 9.17) is 0 Å². The molecule has 0 saturated carbocycles. The van der Waals surface area contributed by atoms with E-state index in [1.54, 1.807) is 12.3 Å². The predicted octanol–water partition coefficient (Wildman–Crippen LogP) is 2.27. The molecule has 0 aliphatic rings. The summed E-state index contributed by atoms with van der Waals surface area (Å²) in [5.74, 6) is -0.578. The molecule has 0 unspecified atom stereocenters. The molecule has 20 heavy (non-hydrogen) atoms. The number of aryl methyl sites for hydroxylation is 1. The number of unbranched alkanes of at least 4 members (excludes halogenated alkanes) is 1. The van der Waals surface area contributed by atoms with E-state index in [-0.39, 0.29) is 0 Å². The third kappa shape index (κ3) is 5.82. The highest BCUT2D eigenvalue weighted by atomic mass is 16.2. The number of nitrogens with zero attached hydrogens (tertiary/aromatic N) is 1. The molecular formula is C15H23N3O2. The minimum atomic E-state index is -0.648. The van der Waals surface area contributed by atoms with Gasteiger partial charge in [-0.3, -0.25) is 14.6 Å². The number of nitrogens with one attached hydrogen (secondary N) is 2. The lowest BCUT2D eigenvalue weighted by Crippen LogP contribution is -2.36. The van der Waals surface area contributed by atoms with E-state index in [1.807, 2.05) is 6.92 Å². The fourth-order valence-corrected chi connectivity index (χ4v) is 1.73. The number of anilines is 1. The topological polar surface area (TPSA) is 71.1 Å². The van der Waals surface area contributed by atoms with Crippen LogP contribution in [0, 0.1) is 12.8 Å². The summed E-state index contributed by atoms with van der Waals surface area (Å²) in [6.45, 7) is 6.72. The number of hydrogen-bond acceptors (Lipinski definition) is 3. The van der Waals surface area contributed by atoms with Crippen LogP contribution in [0.25, 0.3) is 0 Å². The lowest BCUT2D eigenvalue weighted by Gasteiger charge is -2.08. The van der Waals surface area contributed by atoms with Crippen LogP contribution in [0.5, 0.6) is 0 Å². The first kappa shape index (κ1) is 16.1. The smallest absolute Gasteiger partial charge is 0.313 e. The molecule has 0 radical (unpaired) electrons. The van der Waals surface area contributed by atoms with Crippen molar-refractivity contribution in [3.63, 3.8) is 0 Å². The van der Waals surface area contributed by atoms with Gasteiger partial charge in [-0.2, -0.15) is 0 Å². The van der Waals surface area contributed by atoms with Gasteiger partial charge < -0.3 is 10.6 Å². The van der Waals surface area contributed by atoms with Gasteiger partial charge in [-0.05, 0) is 30.9 Å². The number of aromatic nitrogens is 1. The van der Waals surface area contributed by atoms with Gasteiger partial charge in [-0.15, -0.1) is 0 Å². The fourth-order valence-electron chi connectivity index (χ4n) is 1.73. The molecule has 110 valence electrons. The molecule has 5 heteroatoms. The number of carbonyl (C=O) groups is 2. The standard InChI is InChI=1S/C15H23N3O2/c1-11(2)6-4-5-8-17-14(19)15(20)18-13-10-16-9-7-12(13)3/h7,9-11H,4-6,8H2,1-3H3,(H,17,19)(H,18,20). The van der Waals surface area contributed by atoms with Gasteiger partial charge in [-0.1, -0.05) is 26.7 Å². The lowest BCUT2D eigenvalue weighted by molar-refractivity contribution is -0.136. The van der Waals surface area contributed by atoms with Gasteiger partial charge in [0.05, 0.1) is 11.9 Å². The van der Waals surface area contributed by atoms with Crippen LogP contribution in [0.15, 0.2) is 18.5 Å². The molecule has 2 amide bonds. The van der Waals surface area contributed by atoms with Gasteiger partial charge in [-0.25, -0.2) is 0 Å². The van der Waals surface area contributed by atoms with Gasteiger partial charge in [0.25, 0.3) is 0 Å². The maximum atomic E-state index is 11.7. The zero-order chi connectivity index (χ0) is 15.0. The lowest BCUT2D eigenvalue weighted by atomic mass is 10.1. The normalized spacial score (nSPS) is 10.4. The van der Waals surface area contributed by atoms with Crippen molar-refractivity contribution in [1.29, 1.82) is 0 Å². The van der Waals surface area contributed by atoms with E-state index in [9.17, 15) is 9.59 Å². The second-order valence-electron chi connectivity index (χ2n) is 5.29. The fraction of sp³-hybridized carbons (Fsp3) is 0.533. The van der Waals surface area contributed by atoms with Crippen LogP contribution in [-0.4, -0.2) is 23.3 Å². The largest absolute Gasteiger partial charge is 0.348 e. The molecule has 2 N–H and O–H groups in total. The van der Waals surface area contributed by atoms with E-state index >= 15 is 0 Å². The maximum Gasteiger partial charge on any atom is 0.313 e. The van der Waals surface area contributed by atoms with Crippen molar-refractivity contribution in [2.45, 2.75) is 40.0 Å². The van der Waals surface area contributed by atoms with Crippen molar-refractivity contribution >= 4 is 17.5 Å². The first-order valence-electron chi connectivity index (χ1n) is 7.00. The van der Waals surface area contributed by atoms with Crippen molar-refractivity contribution in [2.24, 2.45) is 5.92 Å². The number of hydrogen-bond donors (Lipinski definition) is 2. The van der Waals surface area contributed by atoms with Crippen LogP contribution >= 0.6 is 0 Å². The molecule has 1 rings (SSSR count). The van der Waals surface area contributed by atoms with Crippen molar-refractivity contribution < 1.29 is 9.59 Å². The van der Waals surface area contributed by atoms with Gasteiger partial charge >= 0.3 is 11.8 Å². The van der Waals surface area contributed by atoms with E-state index in [1.165, 1.54) is 6.20 Å². The van der Waals surface area contributed by atoms with Gasteiger partial charge in [0.15, 0.2) is 0 Å². The Bertz CT molecular complexity index is 458. The number of rotatable bonds is 6. The molecule has 0 aromatic carbocycles. The molecule has 0 spiro atoms. The average Bonchev–Trinajstić information content (AvgIpc) is 2.40. The Morgan fingerprint density at radius 2 is 2.00 bits per heavy atom. The summed E-state index contributed by atoms with van der Waals surface area (Å²) in [5.41, 5.74) is 1.44. The molecule has 0 bridgehead atoms. The molecule has 0 atom stereocenters. The van der Waals surface area contributed by atoms with Crippen molar-refractivity contribution in [1.82, 2.24) is 10.3 Å². The Morgan fingerprint density at radius 1 is 1.25 bits per heavy atom.